The van der Waals surface area contributed by atoms with Crippen molar-refractivity contribution in [3.05, 3.63) is 87.2 Å². The van der Waals surface area contributed by atoms with Crippen LogP contribution >= 0.6 is 0 Å². The van der Waals surface area contributed by atoms with Crippen LogP contribution < -0.4 is 5.43 Å². The van der Waals surface area contributed by atoms with Gasteiger partial charge in [-0.25, -0.2) is 4.79 Å². The smallest absolute Gasteiger partial charge is 0.337 e. The maximum absolute atomic E-state index is 11.6. The predicted octanol–water partition coefficient (Wildman–Crippen LogP) is 4.23. The molecule has 0 spiro atoms. The third-order valence-corrected chi connectivity index (χ3v) is 4.49. The summed E-state index contributed by atoms with van der Waals surface area (Å²) in [5.74, 6) is -0.373. The van der Waals surface area contributed by atoms with Crippen LogP contribution in [-0.2, 0) is 4.74 Å². The minimum absolute atomic E-state index is 0.0290. The summed E-state index contributed by atoms with van der Waals surface area (Å²) in [6.45, 7) is 3.97. The summed E-state index contributed by atoms with van der Waals surface area (Å²) in [7, 11) is 1.35. The Morgan fingerprint density at radius 1 is 1.14 bits per heavy atom. The van der Waals surface area contributed by atoms with Crippen molar-refractivity contribution >= 4 is 23.6 Å². The van der Waals surface area contributed by atoms with Crippen molar-refractivity contribution in [2.45, 2.75) is 13.8 Å². The Morgan fingerprint density at radius 3 is 2.38 bits per heavy atom. The van der Waals surface area contributed by atoms with Gasteiger partial charge < -0.3 is 9.30 Å². The van der Waals surface area contributed by atoms with Crippen LogP contribution in [0.25, 0.3) is 5.69 Å². The van der Waals surface area contributed by atoms with Crippen LogP contribution in [0.2, 0.25) is 0 Å². The number of hydrogen-bond acceptors (Lipinski definition) is 6. The van der Waals surface area contributed by atoms with Crippen molar-refractivity contribution in [3.8, 4) is 5.69 Å². The molecule has 0 saturated carbocycles. The van der Waals surface area contributed by atoms with E-state index in [1.54, 1.807) is 30.5 Å². The lowest BCUT2D eigenvalue weighted by Crippen LogP contribution is -2.03. The maximum atomic E-state index is 11.6. The fourth-order valence-electron chi connectivity index (χ4n) is 3.01. The molecular formula is C21H20N4O4. The molecule has 0 saturated heterocycles. The number of nitro groups is 1. The number of carbonyl (C=O) groups excluding carboxylic acids is 1. The lowest BCUT2D eigenvalue weighted by molar-refractivity contribution is -0.384. The van der Waals surface area contributed by atoms with E-state index in [4.69, 9.17) is 4.74 Å². The summed E-state index contributed by atoms with van der Waals surface area (Å²) < 4.78 is 6.79. The summed E-state index contributed by atoms with van der Waals surface area (Å²) in [4.78, 5) is 21.9. The van der Waals surface area contributed by atoms with Crippen molar-refractivity contribution in [1.82, 2.24) is 4.57 Å². The number of aryl methyl sites for hydroxylation is 1. The van der Waals surface area contributed by atoms with Gasteiger partial charge in [0.05, 0.1) is 29.5 Å². The number of nitrogens with zero attached hydrogens (tertiary/aromatic N) is 3. The number of rotatable bonds is 6. The number of aromatic nitrogens is 1. The number of anilines is 1. The van der Waals surface area contributed by atoms with Gasteiger partial charge in [-0.05, 0) is 56.3 Å². The quantitative estimate of drug-likeness (QED) is 0.293. The first-order valence-electron chi connectivity index (χ1n) is 8.82. The van der Waals surface area contributed by atoms with Gasteiger partial charge in [0.1, 0.15) is 0 Å². The van der Waals surface area contributed by atoms with Crippen molar-refractivity contribution in [2.24, 2.45) is 5.10 Å². The van der Waals surface area contributed by atoms with E-state index < -0.39 is 4.92 Å². The topological polar surface area (TPSA) is 98.8 Å². The number of hydrazone groups is 1. The van der Waals surface area contributed by atoms with E-state index in [0.29, 0.717) is 11.3 Å². The molecule has 0 radical (unpaired) electrons. The molecule has 0 aliphatic heterocycles. The number of nitro benzene ring substituents is 1. The summed E-state index contributed by atoms with van der Waals surface area (Å²) in [5, 5.41) is 14.9. The maximum Gasteiger partial charge on any atom is 0.337 e. The molecule has 3 aromatic rings. The number of nitrogens with one attached hydrogen (secondary N) is 1. The zero-order valence-corrected chi connectivity index (χ0v) is 16.2. The molecule has 0 bridgehead atoms. The molecule has 29 heavy (non-hydrogen) atoms. The molecule has 1 N–H and O–H groups in total. The molecule has 8 nitrogen and oxygen atoms in total. The predicted molar refractivity (Wildman–Crippen MR) is 111 cm³/mol. The van der Waals surface area contributed by atoms with Crippen molar-refractivity contribution in [3.63, 3.8) is 0 Å². The van der Waals surface area contributed by atoms with Crippen LogP contribution in [-0.4, -0.2) is 28.8 Å². The van der Waals surface area contributed by atoms with Gasteiger partial charge in [0.2, 0.25) is 0 Å². The molecule has 1 aromatic heterocycles. The highest BCUT2D eigenvalue weighted by atomic mass is 16.6. The number of ether oxygens (including phenoxy) is 1. The number of non-ortho nitro benzene ring substituents is 1. The average Bonchev–Trinajstić information content (AvgIpc) is 3.01. The van der Waals surface area contributed by atoms with Gasteiger partial charge in [-0.2, -0.15) is 5.10 Å². The van der Waals surface area contributed by atoms with Gasteiger partial charge in [0.15, 0.2) is 0 Å². The van der Waals surface area contributed by atoms with Gasteiger partial charge in [-0.3, -0.25) is 15.5 Å². The molecule has 148 valence electrons. The molecule has 0 unspecified atom stereocenters. The molecular weight excluding hydrogens is 372 g/mol. The van der Waals surface area contributed by atoms with E-state index in [2.05, 4.69) is 15.1 Å². The van der Waals surface area contributed by atoms with Crippen LogP contribution in [0.1, 0.15) is 27.3 Å². The van der Waals surface area contributed by atoms with Crippen molar-refractivity contribution in [2.75, 3.05) is 12.5 Å². The fourth-order valence-corrected chi connectivity index (χ4v) is 3.01. The standard InChI is InChI=1S/C21H20N4O4/c1-14-12-17(13-22-23-18-6-10-20(11-7-18)25(27)28)15(2)24(14)19-8-4-16(5-9-19)21(26)29-3/h4-13,23H,1-3H3/b22-13-. The molecule has 0 aliphatic rings. The SMILES string of the molecule is COC(=O)c1ccc(-n2c(C)cc(/C=N\Nc3ccc([N+](=O)[O-])cc3)c2C)cc1. The molecule has 0 amide bonds. The third kappa shape index (κ3) is 4.32. The molecule has 2 aromatic carbocycles. The van der Waals surface area contributed by atoms with E-state index in [1.807, 2.05) is 32.0 Å². The van der Waals surface area contributed by atoms with E-state index in [0.717, 1.165) is 22.6 Å². The van der Waals surface area contributed by atoms with Gasteiger partial charge >= 0.3 is 5.97 Å². The second kappa shape index (κ2) is 8.39. The number of carbonyl (C=O) groups is 1. The second-order valence-corrected chi connectivity index (χ2v) is 6.37. The first-order chi connectivity index (χ1) is 13.9. The van der Waals surface area contributed by atoms with Crippen molar-refractivity contribution in [1.29, 1.82) is 0 Å². The number of benzene rings is 2. The monoisotopic (exact) mass is 392 g/mol. The molecule has 8 heteroatoms. The van der Waals surface area contributed by atoms with Crippen LogP contribution in [0.5, 0.6) is 0 Å². The van der Waals surface area contributed by atoms with E-state index >= 15 is 0 Å². The summed E-state index contributed by atoms with van der Waals surface area (Å²) in [6, 6.07) is 15.2. The summed E-state index contributed by atoms with van der Waals surface area (Å²) >= 11 is 0. The molecule has 0 atom stereocenters. The lowest BCUT2D eigenvalue weighted by atomic mass is 10.2. The summed E-state index contributed by atoms with van der Waals surface area (Å²) in [5.41, 5.74) is 7.90. The summed E-state index contributed by atoms with van der Waals surface area (Å²) in [6.07, 6.45) is 1.70. The van der Waals surface area contributed by atoms with Gasteiger partial charge in [0.25, 0.3) is 5.69 Å². The highest BCUT2D eigenvalue weighted by molar-refractivity contribution is 5.89. The second-order valence-electron chi connectivity index (χ2n) is 6.37. The average molecular weight is 392 g/mol. The zero-order chi connectivity index (χ0) is 21.0. The minimum atomic E-state index is -0.445. The highest BCUT2D eigenvalue weighted by Gasteiger charge is 2.11. The normalized spacial score (nSPS) is 10.9. The molecule has 3 rings (SSSR count). The number of esters is 1. The zero-order valence-electron chi connectivity index (χ0n) is 16.2. The Labute approximate surface area is 167 Å². The van der Waals surface area contributed by atoms with Crippen LogP contribution in [0.4, 0.5) is 11.4 Å². The Hall–Kier alpha value is -3.94. The first kappa shape index (κ1) is 19.8. The van der Waals surface area contributed by atoms with Gasteiger partial charge in [-0.15, -0.1) is 0 Å². The van der Waals surface area contributed by atoms with Crippen LogP contribution in [0.3, 0.4) is 0 Å². The number of hydrogen-bond donors (Lipinski definition) is 1. The van der Waals surface area contributed by atoms with E-state index in [9.17, 15) is 14.9 Å². The van der Waals surface area contributed by atoms with E-state index in [-0.39, 0.29) is 11.7 Å². The largest absolute Gasteiger partial charge is 0.465 e. The third-order valence-electron chi connectivity index (χ3n) is 4.49. The molecule has 1 heterocycles. The first-order valence-corrected chi connectivity index (χ1v) is 8.82. The Kier molecular flexibility index (Phi) is 5.73. The highest BCUT2D eigenvalue weighted by Crippen LogP contribution is 2.21. The Balaban J connectivity index is 1.77. The van der Waals surface area contributed by atoms with Crippen LogP contribution in [0, 0.1) is 24.0 Å². The lowest BCUT2D eigenvalue weighted by Gasteiger charge is -2.10. The molecule has 0 aliphatic carbocycles. The van der Waals surface area contributed by atoms with Gasteiger partial charge in [-0.1, -0.05) is 0 Å². The minimum Gasteiger partial charge on any atom is -0.465 e. The van der Waals surface area contributed by atoms with Crippen LogP contribution in [0.15, 0.2) is 59.7 Å². The van der Waals surface area contributed by atoms with Crippen molar-refractivity contribution < 1.29 is 14.5 Å². The molecule has 0 fully saturated rings. The Morgan fingerprint density at radius 2 is 1.79 bits per heavy atom. The fraction of sp³-hybridized carbons (Fsp3) is 0.143. The van der Waals surface area contributed by atoms with Gasteiger partial charge in [0, 0.05) is 34.8 Å². The van der Waals surface area contributed by atoms with E-state index in [1.165, 1.54) is 19.2 Å². The number of methoxy groups -OCH3 is 1. The Bertz CT molecular complexity index is 1070.